The second-order valence-electron chi connectivity index (χ2n) is 8.25. The summed E-state index contributed by atoms with van der Waals surface area (Å²) in [5.74, 6) is -2.80. The molecule has 0 atom stereocenters. The molecule has 188 valence electrons. The maximum absolute atomic E-state index is 12.9. The second kappa shape index (κ2) is 11.4. The Bertz CT molecular complexity index is 1130. The van der Waals surface area contributed by atoms with Gasteiger partial charge in [0.25, 0.3) is 5.91 Å². The number of aliphatic carboxylic acids is 1. The maximum atomic E-state index is 12.9. The molecule has 0 aliphatic heterocycles. The first-order chi connectivity index (χ1) is 15.9. The van der Waals surface area contributed by atoms with E-state index in [-0.39, 0.29) is 5.91 Å². The van der Waals surface area contributed by atoms with Gasteiger partial charge in [-0.25, -0.2) is 4.79 Å². The fourth-order valence-corrected chi connectivity index (χ4v) is 3.66. The molecular formula is C23H31F3N4O4. The van der Waals surface area contributed by atoms with Gasteiger partial charge in [-0.3, -0.25) is 4.79 Å². The van der Waals surface area contributed by atoms with Gasteiger partial charge in [-0.15, -0.1) is 0 Å². The predicted octanol–water partition coefficient (Wildman–Crippen LogP) is 3.75. The van der Waals surface area contributed by atoms with E-state index in [0.29, 0.717) is 31.4 Å². The Morgan fingerprint density at radius 1 is 1.18 bits per heavy atom. The minimum Gasteiger partial charge on any atom is -0.475 e. The number of alkyl halides is 3. The summed E-state index contributed by atoms with van der Waals surface area (Å²) in [6, 6.07) is 10.7. The number of nitrogens with zero attached hydrogens (tertiary/aromatic N) is 3. The highest BCUT2D eigenvalue weighted by molar-refractivity contribution is 6.10. The fraction of sp³-hybridized carbons (Fsp3) is 0.478. The van der Waals surface area contributed by atoms with Gasteiger partial charge in [0.1, 0.15) is 5.69 Å². The van der Waals surface area contributed by atoms with Crippen molar-refractivity contribution in [3.05, 3.63) is 36.0 Å². The van der Waals surface area contributed by atoms with Crippen molar-refractivity contribution in [1.82, 2.24) is 19.4 Å². The van der Waals surface area contributed by atoms with Gasteiger partial charge in [-0.2, -0.15) is 13.2 Å². The summed E-state index contributed by atoms with van der Waals surface area (Å²) >= 11 is 0. The van der Waals surface area contributed by atoms with Gasteiger partial charge < -0.3 is 29.2 Å². The topological polar surface area (TPSA) is 88.7 Å². The molecule has 1 aromatic carbocycles. The molecule has 0 unspecified atom stereocenters. The number of methoxy groups -OCH3 is 1. The molecule has 0 saturated carbocycles. The van der Waals surface area contributed by atoms with Crippen LogP contribution in [0.2, 0.25) is 0 Å². The lowest BCUT2D eigenvalue weighted by Crippen LogP contribution is -2.32. The van der Waals surface area contributed by atoms with E-state index in [2.05, 4.69) is 57.5 Å². The number of fused-ring (bicyclic) bond motifs is 3. The normalized spacial score (nSPS) is 11.8. The van der Waals surface area contributed by atoms with E-state index >= 15 is 0 Å². The number of nitrogens with one attached hydrogen (secondary N) is 1. The minimum atomic E-state index is -5.08. The Morgan fingerprint density at radius 2 is 1.79 bits per heavy atom. The van der Waals surface area contributed by atoms with Crippen LogP contribution >= 0.6 is 0 Å². The van der Waals surface area contributed by atoms with Crippen LogP contribution in [0.25, 0.3) is 21.9 Å². The average Bonchev–Trinajstić information content (AvgIpc) is 3.26. The van der Waals surface area contributed by atoms with E-state index in [0.717, 1.165) is 17.6 Å². The van der Waals surface area contributed by atoms with Crippen LogP contribution in [0.4, 0.5) is 13.2 Å². The monoisotopic (exact) mass is 484 g/mol. The quantitative estimate of drug-likeness (QED) is 0.509. The first-order valence-corrected chi connectivity index (χ1v) is 10.7. The van der Waals surface area contributed by atoms with Crippen molar-refractivity contribution in [3.8, 4) is 0 Å². The minimum absolute atomic E-state index is 0.0384. The van der Waals surface area contributed by atoms with Crippen molar-refractivity contribution in [2.45, 2.75) is 32.6 Å². The molecule has 2 aromatic heterocycles. The van der Waals surface area contributed by atoms with Gasteiger partial charge in [0.2, 0.25) is 0 Å². The standard InChI is InChI=1S/C21H30N4O2.C2HF3O2/c1-15(2)25-17-9-7-6-8-16(17)20-18(25)14-19(24(20)12-13-27-5)21(26)22-10-11-23(3)4;3-2(4,5)1(6)7/h6-9,14-15H,10-13H2,1-5H3,(H,22,26);(H,6,7). The lowest BCUT2D eigenvalue weighted by molar-refractivity contribution is -0.192. The van der Waals surface area contributed by atoms with Crippen molar-refractivity contribution >= 4 is 33.8 Å². The molecule has 1 amide bonds. The molecule has 8 nitrogen and oxygen atoms in total. The molecule has 3 aromatic rings. The number of carboxylic acids is 1. The number of carbonyl (C=O) groups is 2. The third-order valence-corrected chi connectivity index (χ3v) is 5.11. The summed E-state index contributed by atoms with van der Waals surface area (Å²) in [7, 11) is 5.69. The van der Waals surface area contributed by atoms with Gasteiger partial charge in [0, 0.05) is 38.2 Å². The SMILES string of the molecule is COCCn1c(C(=O)NCCN(C)C)cc2c1c1ccccc1n2C(C)C.O=C(O)C(F)(F)F. The molecule has 2 N–H and O–H groups in total. The highest BCUT2D eigenvalue weighted by Gasteiger charge is 2.38. The van der Waals surface area contributed by atoms with Crippen LogP contribution in [-0.2, 0) is 16.1 Å². The molecule has 11 heteroatoms. The zero-order valence-corrected chi connectivity index (χ0v) is 19.9. The van der Waals surface area contributed by atoms with Gasteiger partial charge in [0.15, 0.2) is 0 Å². The molecule has 0 saturated heterocycles. The molecule has 2 heterocycles. The van der Waals surface area contributed by atoms with E-state index in [1.54, 1.807) is 7.11 Å². The third kappa shape index (κ3) is 6.29. The first-order valence-electron chi connectivity index (χ1n) is 10.7. The largest absolute Gasteiger partial charge is 0.490 e. The van der Waals surface area contributed by atoms with Gasteiger partial charge >= 0.3 is 12.1 Å². The van der Waals surface area contributed by atoms with Crippen molar-refractivity contribution in [3.63, 3.8) is 0 Å². The number of rotatable bonds is 8. The summed E-state index contributed by atoms with van der Waals surface area (Å²) in [5, 5.41) is 11.3. The molecule has 34 heavy (non-hydrogen) atoms. The number of likely N-dealkylation sites (N-methyl/N-ethyl adjacent to an activating group) is 1. The van der Waals surface area contributed by atoms with E-state index < -0.39 is 12.1 Å². The van der Waals surface area contributed by atoms with E-state index in [1.807, 2.05) is 20.2 Å². The Morgan fingerprint density at radius 3 is 2.32 bits per heavy atom. The van der Waals surface area contributed by atoms with Crippen molar-refractivity contribution in [2.75, 3.05) is 40.9 Å². The number of carbonyl (C=O) groups excluding carboxylic acids is 1. The van der Waals surface area contributed by atoms with Crippen molar-refractivity contribution in [1.29, 1.82) is 0 Å². The van der Waals surface area contributed by atoms with Crippen molar-refractivity contribution < 1.29 is 32.6 Å². The molecule has 0 spiro atoms. The highest BCUT2D eigenvalue weighted by Crippen LogP contribution is 2.34. The Kier molecular flexibility index (Phi) is 9.11. The Hall–Kier alpha value is -3.05. The number of hydrogen-bond donors (Lipinski definition) is 2. The number of ether oxygens (including phenoxy) is 1. The number of amides is 1. The van der Waals surface area contributed by atoms with E-state index in [1.165, 1.54) is 10.9 Å². The Balaban J connectivity index is 0.000000509. The lowest BCUT2D eigenvalue weighted by Gasteiger charge is -2.13. The van der Waals surface area contributed by atoms with Crippen LogP contribution < -0.4 is 5.32 Å². The number of halogens is 3. The van der Waals surface area contributed by atoms with E-state index in [9.17, 15) is 18.0 Å². The van der Waals surface area contributed by atoms with Crippen LogP contribution in [0.3, 0.4) is 0 Å². The maximum Gasteiger partial charge on any atom is 0.490 e. The van der Waals surface area contributed by atoms with Crippen LogP contribution in [0.1, 0.15) is 30.4 Å². The molecule has 0 fully saturated rings. The number of carboxylic acid groups (broad SMARTS) is 1. The van der Waals surface area contributed by atoms with Crippen LogP contribution in [0.5, 0.6) is 0 Å². The summed E-state index contributed by atoms with van der Waals surface area (Å²) in [6.45, 7) is 6.98. The molecule has 0 aliphatic rings. The molecule has 0 aliphatic carbocycles. The lowest BCUT2D eigenvalue weighted by atomic mass is 10.2. The van der Waals surface area contributed by atoms with Crippen LogP contribution in [0.15, 0.2) is 30.3 Å². The van der Waals surface area contributed by atoms with Crippen molar-refractivity contribution in [2.24, 2.45) is 0 Å². The zero-order valence-electron chi connectivity index (χ0n) is 19.9. The average molecular weight is 485 g/mol. The first kappa shape index (κ1) is 27.2. The predicted molar refractivity (Wildman–Crippen MR) is 124 cm³/mol. The van der Waals surface area contributed by atoms with Gasteiger partial charge in [-0.05, 0) is 40.1 Å². The second-order valence-corrected chi connectivity index (χ2v) is 8.25. The molecule has 3 rings (SSSR count). The highest BCUT2D eigenvalue weighted by atomic mass is 19.4. The van der Waals surface area contributed by atoms with E-state index in [4.69, 9.17) is 14.6 Å². The number of hydrogen-bond acceptors (Lipinski definition) is 4. The molecular weight excluding hydrogens is 453 g/mol. The van der Waals surface area contributed by atoms with Gasteiger partial charge in [0.05, 0.1) is 23.2 Å². The Labute approximate surface area is 195 Å². The van der Waals surface area contributed by atoms with Crippen LogP contribution in [0, 0.1) is 0 Å². The van der Waals surface area contributed by atoms with Crippen LogP contribution in [-0.4, -0.2) is 78.1 Å². The summed E-state index contributed by atoms with van der Waals surface area (Å²) in [5.41, 5.74) is 4.09. The summed E-state index contributed by atoms with van der Waals surface area (Å²) in [4.78, 5) is 23.8. The number of aromatic nitrogens is 2. The summed E-state index contributed by atoms with van der Waals surface area (Å²) < 4.78 is 41.5. The zero-order chi connectivity index (χ0) is 25.6. The summed E-state index contributed by atoms with van der Waals surface area (Å²) in [6.07, 6.45) is -5.08. The third-order valence-electron chi connectivity index (χ3n) is 5.11. The number of benzene rings is 1. The molecule has 0 bridgehead atoms. The fourth-order valence-electron chi connectivity index (χ4n) is 3.66. The number of para-hydroxylation sites is 1. The van der Waals surface area contributed by atoms with Gasteiger partial charge in [-0.1, -0.05) is 18.2 Å². The smallest absolute Gasteiger partial charge is 0.475 e. The molecule has 0 radical (unpaired) electrons.